The van der Waals surface area contributed by atoms with Crippen molar-refractivity contribution >= 4 is 33.9 Å². The van der Waals surface area contributed by atoms with Crippen molar-refractivity contribution in [3.8, 4) is 11.3 Å². The Bertz CT molecular complexity index is 1400. The van der Waals surface area contributed by atoms with Crippen molar-refractivity contribution in [2.24, 2.45) is 11.8 Å². The lowest BCUT2D eigenvalue weighted by atomic mass is 10.0. The summed E-state index contributed by atoms with van der Waals surface area (Å²) in [4.78, 5) is 24.1. The minimum Gasteiger partial charge on any atom is -0.354 e. The number of nitrogens with one attached hydrogen (secondary N) is 2. The van der Waals surface area contributed by atoms with Gasteiger partial charge in [0.15, 0.2) is 11.5 Å². The molecule has 0 aromatic carbocycles. The average Bonchev–Trinajstić information content (AvgIpc) is 3.19. The van der Waals surface area contributed by atoms with Gasteiger partial charge in [-0.1, -0.05) is 6.92 Å². The van der Waals surface area contributed by atoms with E-state index in [0.717, 1.165) is 65.4 Å². The Kier molecular flexibility index (Phi) is 6.64. The van der Waals surface area contributed by atoms with Crippen LogP contribution in [0.5, 0.6) is 0 Å². The van der Waals surface area contributed by atoms with Crippen LogP contribution in [0.3, 0.4) is 0 Å². The van der Waals surface area contributed by atoms with E-state index in [4.69, 9.17) is 4.98 Å². The summed E-state index contributed by atoms with van der Waals surface area (Å²) >= 11 is 1.45. The predicted molar refractivity (Wildman–Crippen MR) is 144 cm³/mol. The standard InChI is InChI=1S/C26H33N9OS/c1-17-4-3-7-33(12-17)15-21-8-24(37-32-21)31-25-26-28-11-22(35(26)13-18(2)30-25)20-10-29-34(14-20)16-23(36)27-9-19-5-6-19/h8,10-11,13-14,17,19H,3-7,9,12,15-16H2,1-2H3,(H,27,36)(H,30,31). The molecule has 2 fully saturated rings. The molecule has 1 amide bonds. The van der Waals surface area contributed by atoms with Gasteiger partial charge in [-0.2, -0.15) is 9.47 Å². The Hall–Kier alpha value is -3.31. The van der Waals surface area contributed by atoms with Crippen LogP contribution in [0.25, 0.3) is 16.9 Å². The number of nitrogens with zero attached hydrogens (tertiary/aromatic N) is 7. The summed E-state index contributed by atoms with van der Waals surface area (Å²) < 4.78 is 8.37. The highest BCUT2D eigenvalue weighted by molar-refractivity contribution is 7.10. The van der Waals surface area contributed by atoms with Crippen LogP contribution in [-0.2, 0) is 17.9 Å². The summed E-state index contributed by atoms with van der Waals surface area (Å²) in [6, 6.07) is 2.12. The summed E-state index contributed by atoms with van der Waals surface area (Å²) in [5.41, 5.74) is 4.48. The Balaban J connectivity index is 1.17. The lowest BCUT2D eigenvalue weighted by molar-refractivity contribution is -0.121. The van der Waals surface area contributed by atoms with Gasteiger partial charge in [-0.15, -0.1) is 0 Å². The van der Waals surface area contributed by atoms with Crippen LogP contribution in [0.2, 0.25) is 0 Å². The highest BCUT2D eigenvalue weighted by atomic mass is 32.1. The van der Waals surface area contributed by atoms with Crippen LogP contribution in [0.4, 0.5) is 10.8 Å². The third-order valence-electron chi connectivity index (χ3n) is 7.06. The highest BCUT2D eigenvalue weighted by Gasteiger charge is 2.22. The molecular formula is C26H33N9OS. The third-order valence-corrected chi connectivity index (χ3v) is 7.80. The first-order valence-electron chi connectivity index (χ1n) is 13.1. The molecule has 10 nitrogen and oxygen atoms in total. The number of rotatable bonds is 9. The fourth-order valence-corrected chi connectivity index (χ4v) is 5.65. The fraction of sp³-hybridized carbons (Fsp3) is 0.500. The molecule has 1 aliphatic heterocycles. The van der Waals surface area contributed by atoms with Gasteiger partial charge < -0.3 is 10.6 Å². The summed E-state index contributed by atoms with van der Waals surface area (Å²) in [5, 5.41) is 11.8. The molecular weight excluding hydrogens is 486 g/mol. The Morgan fingerprint density at radius 3 is 2.95 bits per heavy atom. The van der Waals surface area contributed by atoms with Crippen molar-refractivity contribution in [3.63, 3.8) is 0 Å². The zero-order valence-electron chi connectivity index (χ0n) is 21.4. The number of aromatic nitrogens is 6. The van der Waals surface area contributed by atoms with E-state index in [1.165, 1.54) is 37.2 Å². The number of piperidine rings is 1. The van der Waals surface area contributed by atoms with Gasteiger partial charge in [-0.3, -0.25) is 18.8 Å². The molecule has 2 N–H and O–H groups in total. The second-order valence-electron chi connectivity index (χ2n) is 10.5. The highest BCUT2D eigenvalue weighted by Crippen LogP contribution is 2.29. The predicted octanol–water partition coefficient (Wildman–Crippen LogP) is 3.86. The molecule has 37 heavy (non-hydrogen) atoms. The van der Waals surface area contributed by atoms with Crippen molar-refractivity contribution in [2.75, 3.05) is 25.0 Å². The van der Waals surface area contributed by atoms with Gasteiger partial charge in [-0.05, 0) is 68.6 Å². The molecule has 4 aromatic heterocycles. The molecule has 1 aliphatic carbocycles. The summed E-state index contributed by atoms with van der Waals surface area (Å²) in [5.74, 6) is 2.09. The van der Waals surface area contributed by atoms with Crippen molar-refractivity contribution in [1.29, 1.82) is 0 Å². The van der Waals surface area contributed by atoms with Crippen LogP contribution in [0.1, 0.15) is 44.0 Å². The number of fused-ring (bicyclic) bond motifs is 1. The first-order valence-corrected chi connectivity index (χ1v) is 13.9. The molecule has 0 bridgehead atoms. The summed E-state index contributed by atoms with van der Waals surface area (Å²) in [6.45, 7) is 8.43. The molecule has 1 unspecified atom stereocenters. The Morgan fingerprint density at radius 1 is 1.22 bits per heavy atom. The number of hydrogen-bond acceptors (Lipinski definition) is 8. The van der Waals surface area contributed by atoms with Gasteiger partial charge in [0, 0.05) is 37.6 Å². The second kappa shape index (κ2) is 10.2. The number of anilines is 2. The normalized spacial score (nSPS) is 18.4. The number of carbonyl (C=O) groups is 1. The van der Waals surface area contributed by atoms with Crippen molar-refractivity contribution in [3.05, 3.63) is 42.2 Å². The third kappa shape index (κ3) is 5.67. The molecule has 194 valence electrons. The van der Waals surface area contributed by atoms with E-state index in [1.54, 1.807) is 10.9 Å². The van der Waals surface area contributed by atoms with E-state index in [0.29, 0.717) is 11.7 Å². The average molecular weight is 520 g/mol. The van der Waals surface area contributed by atoms with Gasteiger partial charge in [0.2, 0.25) is 5.91 Å². The molecule has 5 heterocycles. The van der Waals surface area contributed by atoms with Gasteiger partial charge >= 0.3 is 0 Å². The molecule has 0 spiro atoms. The van der Waals surface area contributed by atoms with Gasteiger partial charge in [0.05, 0.1) is 29.5 Å². The largest absolute Gasteiger partial charge is 0.354 e. The maximum atomic E-state index is 12.2. The molecule has 1 saturated heterocycles. The molecule has 1 saturated carbocycles. The van der Waals surface area contributed by atoms with Gasteiger partial charge in [-0.25, -0.2) is 9.97 Å². The maximum Gasteiger partial charge on any atom is 0.241 e. The Morgan fingerprint density at radius 2 is 2.11 bits per heavy atom. The monoisotopic (exact) mass is 519 g/mol. The smallest absolute Gasteiger partial charge is 0.241 e. The molecule has 2 aliphatic rings. The minimum absolute atomic E-state index is 0.00931. The van der Waals surface area contributed by atoms with Crippen LogP contribution in [0.15, 0.2) is 30.9 Å². The lowest BCUT2D eigenvalue weighted by Gasteiger charge is -2.30. The quantitative estimate of drug-likeness (QED) is 0.346. The van der Waals surface area contributed by atoms with E-state index in [9.17, 15) is 4.79 Å². The maximum absolute atomic E-state index is 12.2. The summed E-state index contributed by atoms with van der Waals surface area (Å²) in [7, 11) is 0. The number of hydrogen-bond donors (Lipinski definition) is 2. The lowest BCUT2D eigenvalue weighted by Crippen LogP contribution is -2.33. The number of likely N-dealkylation sites (tertiary alicyclic amines) is 1. The Labute approximate surface area is 220 Å². The van der Waals surface area contributed by atoms with E-state index >= 15 is 0 Å². The van der Waals surface area contributed by atoms with Crippen molar-refractivity contribution < 1.29 is 4.79 Å². The molecule has 1 atom stereocenters. The first-order chi connectivity index (χ1) is 18.0. The molecule has 0 radical (unpaired) electrons. The topological polar surface area (TPSA) is 105 Å². The zero-order chi connectivity index (χ0) is 25.4. The first kappa shape index (κ1) is 24.1. The van der Waals surface area contributed by atoms with Crippen LogP contribution >= 0.6 is 11.5 Å². The zero-order valence-corrected chi connectivity index (χ0v) is 22.2. The molecule has 11 heteroatoms. The SMILES string of the molecule is Cc1cn2c(-c3cnn(CC(=O)NCC4CC4)c3)cnc2c(Nc2cc(CN3CCCC(C)C3)ns2)n1. The molecule has 4 aromatic rings. The van der Waals surface area contributed by atoms with E-state index < -0.39 is 0 Å². The van der Waals surface area contributed by atoms with E-state index in [-0.39, 0.29) is 12.5 Å². The van der Waals surface area contributed by atoms with Gasteiger partial charge in [0.25, 0.3) is 0 Å². The van der Waals surface area contributed by atoms with Gasteiger partial charge in [0.1, 0.15) is 11.5 Å². The number of amides is 1. The molecule has 6 rings (SSSR count). The van der Waals surface area contributed by atoms with Crippen LogP contribution in [-0.4, -0.2) is 59.0 Å². The van der Waals surface area contributed by atoms with E-state index in [2.05, 4.69) is 43.0 Å². The number of carbonyl (C=O) groups excluding carboxylic acids is 1. The summed E-state index contributed by atoms with van der Waals surface area (Å²) in [6.07, 6.45) is 12.5. The minimum atomic E-state index is -0.00931. The fourth-order valence-electron chi connectivity index (χ4n) is 4.99. The van der Waals surface area contributed by atoms with Crippen molar-refractivity contribution in [1.82, 2.24) is 38.7 Å². The van der Waals surface area contributed by atoms with Crippen LogP contribution in [0, 0.1) is 18.8 Å². The van der Waals surface area contributed by atoms with Crippen LogP contribution < -0.4 is 10.6 Å². The second-order valence-corrected chi connectivity index (χ2v) is 11.3. The number of imidazole rings is 1. The van der Waals surface area contributed by atoms with E-state index in [1.807, 2.05) is 29.9 Å². The number of aryl methyl sites for hydroxylation is 1. The van der Waals surface area contributed by atoms with Crippen molar-refractivity contribution in [2.45, 2.75) is 52.6 Å².